The highest BCUT2D eigenvalue weighted by Gasteiger charge is 2.40. The number of carbonyl (C=O) groups is 11. The summed E-state index contributed by atoms with van der Waals surface area (Å²) in [7, 11) is 0. The fourth-order valence-corrected chi connectivity index (χ4v) is 10.5. The Morgan fingerprint density at radius 1 is 0.441 bits per heavy atom. The first-order valence-corrected chi connectivity index (χ1v) is 30.3. The molecule has 23 heteroatoms. The van der Waals surface area contributed by atoms with E-state index in [4.69, 9.17) is 14.2 Å². The first-order chi connectivity index (χ1) is 44.3. The van der Waals surface area contributed by atoms with Crippen molar-refractivity contribution in [1.82, 2.24) is 42.5 Å². The minimum atomic E-state index is -1.80. The van der Waals surface area contributed by atoms with E-state index in [-0.39, 0.29) is 31.8 Å². The molecule has 0 unspecified atom stereocenters. The lowest BCUT2D eigenvalue weighted by molar-refractivity contribution is -0.157. The van der Waals surface area contributed by atoms with Crippen LogP contribution in [0.5, 0.6) is 0 Å². The van der Waals surface area contributed by atoms with Gasteiger partial charge in [0.05, 0.1) is 25.9 Å². The molecule has 93 heavy (non-hydrogen) atoms. The van der Waals surface area contributed by atoms with Crippen molar-refractivity contribution >= 4 is 65.4 Å². The number of fused-ring (bicyclic) bond motifs is 3. The molecule has 23 nitrogen and oxygen atoms in total. The molecule has 1 aliphatic rings. The Bertz CT molecular complexity index is 3490. The predicted octanol–water partition coefficient (Wildman–Crippen LogP) is 5.38. The third kappa shape index (κ3) is 20.7. The van der Waals surface area contributed by atoms with Crippen LogP contribution < -0.4 is 42.5 Å². The molecule has 0 aliphatic heterocycles. The van der Waals surface area contributed by atoms with Crippen LogP contribution in [0.3, 0.4) is 0 Å². The van der Waals surface area contributed by atoms with Crippen molar-refractivity contribution < 1.29 is 72.1 Å². The van der Waals surface area contributed by atoms with E-state index in [0.29, 0.717) is 22.3 Å². The third-order valence-electron chi connectivity index (χ3n) is 14.6. The number of alkyl carbamates (subject to hydrolysis) is 1. The van der Waals surface area contributed by atoms with Crippen LogP contribution in [0.1, 0.15) is 107 Å². The molecule has 6 aromatic rings. The lowest BCUT2D eigenvalue weighted by Gasteiger charge is -2.37. The minimum absolute atomic E-state index is 0.0246. The van der Waals surface area contributed by atoms with E-state index in [9.17, 15) is 57.8 Å². The Balaban J connectivity index is 1.07. The lowest BCUT2D eigenvalue weighted by Crippen LogP contribution is -2.58. The van der Waals surface area contributed by atoms with E-state index in [2.05, 4.69) is 42.5 Å². The second kappa shape index (κ2) is 32.3. The molecule has 488 valence electrons. The molecule has 0 heterocycles. The topological polar surface area (TPSA) is 332 Å². The van der Waals surface area contributed by atoms with E-state index in [1.165, 1.54) is 0 Å². The normalized spacial score (nSPS) is 13.1. The number of rotatable bonds is 29. The summed E-state index contributed by atoms with van der Waals surface area (Å²) in [5.74, 6) is -10.2. The second-order valence-corrected chi connectivity index (χ2v) is 24.1. The number of carboxylic acids is 1. The molecule has 0 radical (unpaired) electrons. The van der Waals surface area contributed by atoms with Crippen molar-refractivity contribution in [1.29, 1.82) is 0 Å². The van der Waals surface area contributed by atoms with Crippen molar-refractivity contribution in [2.24, 2.45) is 0 Å². The van der Waals surface area contributed by atoms with Gasteiger partial charge in [-0.15, -0.1) is 0 Å². The highest BCUT2D eigenvalue weighted by Crippen LogP contribution is 2.44. The molecule has 7 rings (SSSR count). The number of carbonyl (C=O) groups excluding carboxylic acids is 10. The van der Waals surface area contributed by atoms with Gasteiger partial charge in [-0.3, -0.25) is 43.2 Å². The van der Waals surface area contributed by atoms with Crippen LogP contribution in [0, 0.1) is 0 Å². The van der Waals surface area contributed by atoms with Crippen molar-refractivity contribution in [3.63, 3.8) is 0 Å². The molecule has 0 saturated heterocycles. The molecule has 0 spiro atoms. The number of aliphatic carboxylic acids is 1. The van der Waals surface area contributed by atoms with Gasteiger partial charge in [0.2, 0.25) is 41.4 Å². The van der Waals surface area contributed by atoms with Crippen molar-refractivity contribution in [2.45, 2.75) is 120 Å². The number of hydrogen-bond acceptors (Lipinski definition) is 14. The van der Waals surface area contributed by atoms with Gasteiger partial charge in [-0.2, -0.15) is 0 Å². The number of nitrogens with one attached hydrogen (secondary N) is 8. The van der Waals surface area contributed by atoms with Crippen LogP contribution in [-0.2, 0) is 74.1 Å². The van der Waals surface area contributed by atoms with Gasteiger partial charge in [0.25, 0.3) is 0 Å². The van der Waals surface area contributed by atoms with E-state index < -0.39 is 139 Å². The molecule has 0 bridgehead atoms. The van der Waals surface area contributed by atoms with E-state index >= 15 is 0 Å². The predicted molar refractivity (Wildman–Crippen MR) is 342 cm³/mol. The zero-order chi connectivity index (χ0) is 67.3. The van der Waals surface area contributed by atoms with Gasteiger partial charge in [-0.25, -0.2) is 9.59 Å². The molecule has 9 N–H and O–H groups in total. The summed E-state index contributed by atoms with van der Waals surface area (Å²) in [5, 5.41) is 30.1. The number of benzene rings is 6. The number of carboxylic acid groups (broad SMARTS) is 1. The molecule has 0 saturated carbocycles. The molecule has 1 aliphatic carbocycles. The largest absolute Gasteiger partial charge is 0.480 e. The molecular formula is C70H78N8O15. The van der Waals surface area contributed by atoms with Gasteiger partial charge in [-0.1, -0.05) is 170 Å². The first kappa shape index (κ1) is 69.8. The molecular weight excluding hydrogens is 1190 g/mol. The minimum Gasteiger partial charge on any atom is -0.480 e. The Hall–Kier alpha value is -10.7. The zero-order valence-electron chi connectivity index (χ0n) is 52.6. The summed E-state index contributed by atoms with van der Waals surface area (Å²) in [4.78, 5) is 150. The van der Waals surface area contributed by atoms with Gasteiger partial charge in [0, 0.05) is 18.8 Å². The summed E-state index contributed by atoms with van der Waals surface area (Å²) in [6, 6.07) is 44.2. The van der Waals surface area contributed by atoms with Gasteiger partial charge < -0.3 is 61.9 Å². The van der Waals surface area contributed by atoms with Crippen molar-refractivity contribution in [3.8, 4) is 11.1 Å². The van der Waals surface area contributed by atoms with E-state index in [0.717, 1.165) is 22.3 Å². The Labute approximate surface area is 538 Å². The maximum Gasteiger partial charge on any atom is 0.407 e. The average molecular weight is 1270 g/mol. The summed E-state index contributed by atoms with van der Waals surface area (Å²) in [5.41, 5.74) is 3.08. The van der Waals surface area contributed by atoms with Crippen LogP contribution in [-0.4, -0.2) is 132 Å². The summed E-state index contributed by atoms with van der Waals surface area (Å²) < 4.78 is 16.3. The van der Waals surface area contributed by atoms with Crippen LogP contribution in [0.25, 0.3) is 11.1 Å². The van der Waals surface area contributed by atoms with Gasteiger partial charge in [0.15, 0.2) is 0 Å². The zero-order valence-corrected chi connectivity index (χ0v) is 52.6. The van der Waals surface area contributed by atoms with E-state index in [1.54, 1.807) is 126 Å². The quantitative estimate of drug-likeness (QED) is 0.0162. The molecule has 8 amide bonds. The van der Waals surface area contributed by atoms with Crippen LogP contribution in [0.2, 0.25) is 0 Å². The van der Waals surface area contributed by atoms with E-state index in [1.807, 2.05) is 84.9 Å². The third-order valence-corrected chi connectivity index (χ3v) is 14.6. The fraction of sp³-hybridized carbons (Fsp3) is 0.329. The Morgan fingerprint density at radius 2 is 0.871 bits per heavy atom. The van der Waals surface area contributed by atoms with Gasteiger partial charge in [0.1, 0.15) is 54.1 Å². The molecule has 6 aromatic carbocycles. The second-order valence-electron chi connectivity index (χ2n) is 24.1. The first-order valence-electron chi connectivity index (χ1n) is 30.3. The van der Waals surface area contributed by atoms with Crippen LogP contribution in [0.4, 0.5) is 4.79 Å². The number of hydrogen-bond donors (Lipinski definition) is 9. The Morgan fingerprint density at radius 3 is 1.38 bits per heavy atom. The summed E-state index contributed by atoms with van der Waals surface area (Å²) >= 11 is 0. The lowest BCUT2D eigenvalue weighted by atomic mass is 9.77. The standard InChI is InChI=1S/C70H78N8O15/c1-68(2,3)92-61(83)36-35-53(66(88)89)76-64(86)54(37-44-23-11-7-12-24-44)77-65(87)56(39-62(84)93-69(4,5)6)75-60(82)42-72-63(85)55(38-57(79)78-70(45-25-13-8-14-26-45,46-27-15-9-16-28-46)47-29-17-10-18-30-47)74-59(81)41-71-58(80)40-73-67(90)91-43-52-50-33-21-19-31-48(50)49-32-20-22-34-51(49)52/h7-34,52-56H,35-43H2,1-6H3,(H,71,80)(H,72,85)(H,73,90)(H,74,81)(H,75,82)(H,76,86)(H,77,87)(H,78,79)(H,88,89)/t53-,54-,55-,56-/m0/s1. The number of ether oxygens (including phenoxy) is 3. The summed E-state index contributed by atoms with van der Waals surface area (Å²) in [6.07, 6.45) is -3.44. The number of esters is 2. The smallest absolute Gasteiger partial charge is 0.407 e. The van der Waals surface area contributed by atoms with Crippen molar-refractivity contribution in [3.05, 3.63) is 203 Å². The van der Waals surface area contributed by atoms with Crippen LogP contribution >= 0.6 is 0 Å². The fourth-order valence-electron chi connectivity index (χ4n) is 10.5. The maximum atomic E-state index is 14.7. The average Bonchev–Trinajstić information content (AvgIpc) is 1.78. The maximum absolute atomic E-state index is 14.7. The van der Waals surface area contributed by atoms with Crippen molar-refractivity contribution in [2.75, 3.05) is 26.2 Å². The van der Waals surface area contributed by atoms with Gasteiger partial charge >= 0.3 is 24.0 Å². The van der Waals surface area contributed by atoms with Gasteiger partial charge in [-0.05, 0) is 92.5 Å². The molecule has 0 fully saturated rings. The molecule has 4 atom stereocenters. The Kier molecular flexibility index (Phi) is 24.3. The van der Waals surface area contributed by atoms with Crippen LogP contribution in [0.15, 0.2) is 170 Å². The highest BCUT2D eigenvalue weighted by molar-refractivity contribution is 5.98. The monoisotopic (exact) mass is 1270 g/mol. The highest BCUT2D eigenvalue weighted by atomic mass is 16.6. The number of amides is 8. The SMILES string of the molecule is CC(C)(C)OC(=O)CC[C@H](NC(=O)[C@H](Cc1ccccc1)NC(=O)[C@H](CC(=O)OC(C)(C)C)NC(=O)CNC(=O)[C@H](CC(=O)NC(c1ccccc1)(c1ccccc1)c1ccccc1)NC(=O)CNC(=O)CNC(=O)OCC1c2ccccc2-c2ccccc21)C(=O)O. The molecule has 0 aromatic heterocycles. The summed E-state index contributed by atoms with van der Waals surface area (Å²) in [6.45, 7) is 7.28.